The van der Waals surface area contributed by atoms with Crippen molar-refractivity contribution in [3.05, 3.63) is 29.6 Å². The molecule has 4 nitrogen and oxygen atoms in total. The van der Waals surface area contributed by atoms with E-state index >= 15 is 0 Å². The monoisotopic (exact) mass is 189 g/mol. The van der Waals surface area contributed by atoms with Crippen LogP contribution in [0.4, 0.5) is 0 Å². The molecule has 0 radical (unpaired) electrons. The first-order valence-corrected chi connectivity index (χ1v) is 4.18. The van der Waals surface area contributed by atoms with Crippen LogP contribution >= 0.6 is 0 Å². The second-order valence-electron chi connectivity index (χ2n) is 3.07. The molecule has 0 unspecified atom stereocenters. The maximum absolute atomic E-state index is 11.5. The van der Waals surface area contributed by atoms with Crippen LogP contribution in [-0.2, 0) is 6.42 Å². The van der Waals surface area contributed by atoms with E-state index in [9.17, 15) is 4.79 Å². The highest BCUT2D eigenvalue weighted by atomic mass is 16.2. The quantitative estimate of drug-likeness (QED) is 0.693. The molecule has 0 aliphatic heterocycles. The van der Waals surface area contributed by atoms with Crippen LogP contribution < -0.4 is 0 Å². The molecule has 0 N–H and O–H groups in total. The van der Waals surface area contributed by atoms with Crippen LogP contribution in [0, 0.1) is 11.3 Å². The van der Waals surface area contributed by atoms with Crippen molar-refractivity contribution in [1.82, 2.24) is 9.88 Å². The molecule has 0 atom stereocenters. The number of amides is 1. The van der Waals surface area contributed by atoms with Gasteiger partial charge in [-0.05, 0) is 12.1 Å². The number of rotatable bonds is 2. The number of carbonyl (C=O) groups excluding carboxylic acids is 1. The first-order valence-electron chi connectivity index (χ1n) is 4.18. The summed E-state index contributed by atoms with van der Waals surface area (Å²) in [6.07, 6.45) is 1.78. The standard InChI is InChI=1S/C10H11N3O/c1-13(2)10(14)8-4-6-12-9(7-8)3-5-11/h4,6-7H,3H2,1-2H3. The van der Waals surface area contributed by atoms with Gasteiger partial charge in [-0.15, -0.1) is 0 Å². The van der Waals surface area contributed by atoms with Crippen molar-refractivity contribution >= 4 is 5.91 Å². The van der Waals surface area contributed by atoms with E-state index in [4.69, 9.17) is 5.26 Å². The van der Waals surface area contributed by atoms with Crippen LogP contribution in [-0.4, -0.2) is 29.9 Å². The molecule has 4 heteroatoms. The molecule has 0 saturated carbocycles. The number of pyridine rings is 1. The lowest BCUT2D eigenvalue weighted by Crippen LogP contribution is -2.21. The Bertz CT molecular complexity index is 379. The van der Waals surface area contributed by atoms with E-state index < -0.39 is 0 Å². The van der Waals surface area contributed by atoms with Gasteiger partial charge < -0.3 is 4.90 Å². The maximum Gasteiger partial charge on any atom is 0.253 e. The molecule has 14 heavy (non-hydrogen) atoms. The zero-order valence-corrected chi connectivity index (χ0v) is 8.19. The van der Waals surface area contributed by atoms with E-state index in [1.54, 1.807) is 32.4 Å². The molecule has 0 saturated heterocycles. The van der Waals surface area contributed by atoms with Gasteiger partial charge in [0.25, 0.3) is 5.91 Å². The Morgan fingerprint density at radius 3 is 2.93 bits per heavy atom. The highest BCUT2D eigenvalue weighted by Gasteiger charge is 2.08. The van der Waals surface area contributed by atoms with Crippen LogP contribution in [0.3, 0.4) is 0 Å². The molecule has 1 aromatic heterocycles. The lowest BCUT2D eigenvalue weighted by molar-refractivity contribution is 0.0827. The molecular weight excluding hydrogens is 178 g/mol. The third-order valence-electron chi connectivity index (χ3n) is 1.73. The minimum absolute atomic E-state index is 0.0772. The Labute approximate surface area is 82.8 Å². The first kappa shape index (κ1) is 10.2. The van der Waals surface area contributed by atoms with Gasteiger partial charge in [-0.3, -0.25) is 9.78 Å². The van der Waals surface area contributed by atoms with Crippen LogP contribution in [0.5, 0.6) is 0 Å². The van der Waals surface area contributed by atoms with Gasteiger partial charge >= 0.3 is 0 Å². The SMILES string of the molecule is CN(C)C(=O)c1ccnc(CC#N)c1. The Morgan fingerprint density at radius 1 is 1.64 bits per heavy atom. The Morgan fingerprint density at radius 2 is 2.36 bits per heavy atom. The lowest BCUT2D eigenvalue weighted by Gasteiger charge is -2.09. The number of carbonyl (C=O) groups is 1. The lowest BCUT2D eigenvalue weighted by atomic mass is 10.2. The number of nitriles is 1. The highest BCUT2D eigenvalue weighted by molar-refractivity contribution is 5.93. The molecule has 0 fully saturated rings. The van der Waals surface area contributed by atoms with Crippen molar-refractivity contribution in [3.63, 3.8) is 0 Å². The molecule has 72 valence electrons. The highest BCUT2D eigenvalue weighted by Crippen LogP contribution is 2.04. The second-order valence-corrected chi connectivity index (χ2v) is 3.07. The summed E-state index contributed by atoms with van der Waals surface area (Å²) in [5.74, 6) is -0.0772. The van der Waals surface area contributed by atoms with Gasteiger partial charge in [0.1, 0.15) is 0 Å². The summed E-state index contributed by atoms with van der Waals surface area (Å²) in [5, 5.41) is 8.47. The Hall–Kier alpha value is -1.89. The second kappa shape index (κ2) is 4.38. The summed E-state index contributed by atoms with van der Waals surface area (Å²) in [6, 6.07) is 5.28. The molecule has 0 spiro atoms. The fourth-order valence-corrected chi connectivity index (χ4v) is 1.05. The average molecular weight is 189 g/mol. The number of hydrogen-bond donors (Lipinski definition) is 0. The molecule has 0 aliphatic carbocycles. The predicted octanol–water partition coefficient (Wildman–Crippen LogP) is 0.849. The summed E-state index contributed by atoms with van der Waals surface area (Å²) >= 11 is 0. The van der Waals surface area contributed by atoms with Gasteiger partial charge in [0.15, 0.2) is 0 Å². The van der Waals surface area contributed by atoms with Gasteiger partial charge in [0, 0.05) is 25.9 Å². The zero-order valence-electron chi connectivity index (χ0n) is 8.19. The third kappa shape index (κ3) is 2.30. The van der Waals surface area contributed by atoms with Gasteiger partial charge in [0.05, 0.1) is 18.2 Å². The van der Waals surface area contributed by atoms with Crippen molar-refractivity contribution in [3.8, 4) is 6.07 Å². The fourth-order valence-electron chi connectivity index (χ4n) is 1.05. The van der Waals surface area contributed by atoms with Crippen LogP contribution in [0.1, 0.15) is 16.1 Å². The van der Waals surface area contributed by atoms with Crippen LogP contribution in [0.25, 0.3) is 0 Å². The fraction of sp³-hybridized carbons (Fsp3) is 0.300. The predicted molar refractivity (Wildman–Crippen MR) is 51.6 cm³/mol. The normalized spacial score (nSPS) is 9.21. The number of nitrogens with zero attached hydrogens (tertiary/aromatic N) is 3. The molecule has 0 aliphatic rings. The number of aromatic nitrogens is 1. The van der Waals surface area contributed by atoms with Crippen molar-refractivity contribution in [2.75, 3.05) is 14.1 Å². The van der Waals surface area contributed by atoms with Crippen LogP contribution in [0.15, 0.2) is 18.3 Å². The molecule has 1 heterocycles. The molecule has 0 bridgehead atoms. The molecule has 1 rings (SSSR count). The minimum atomic E-state index is -0.0772. The minimum Gasteiger partial charge on any atom is -0.345 e. The topological polar surface area (TPSA) is 57.0 Å². The maximum atomic E-state index is 11.5. The van der Waals surface area contributed by atoms with Gasteiger partial charge in [-0.1, -0.05) is 0 Å². The molecular formula is C10H11N3O. The van der Waals surface area contributed by atoms with Crippen molar-refractivity contribution in [2.24, 2.45) is 0 Å². The smallest absolute Gasteiger partial charge is 0.253 e. The van der Waals surface area contributed by atoms with E-state index in [1.807, 2.05) is 6.07 Å². The van der Waals surface area contributed by atoms with Gasteiger partial charge in [-0.2, -0.15) is 5.26 Å². The van der Waals surface area contributed by atoms with E-state index in [0.29, 0.717) is 11.3 Å². The summed E-state index contributed by atoms with van der Waals surface area (Å²) in [6.45, 7) is 0. The average Bonchev–Trinajstić information content (AvgIpc) is 2.17. The van der Waals surface area contributed by atoms with Gasteiger partial charge in [0.2, 0.25) is 0 Å². The summed E-state index contributed by atoms with van der Waals surface area (Å²) in [7, 11) is 3.37. The summed E-state index contributed by atoms with van der Waals surface area (Å²) in [4.78, 5) is 17.0. The zero-order chi connectivity index (χ0) is 10.6. The van der Waals surface area contributed by atoms with Crippen molar-refractivity contribution in [2.45, 2.75) is 6.42 Å². The van der Waals surface area contributed by atoms with Crippen molar-refractivity contribution in [1.29, 1.82) is 5.26 Å². The Balaban J connectivity index is 2.95. The van der Waals surface area contributed by atoms with Gasteiger partial charge in [-0.25, -0.2) is 0 Å². The van der Waals surface area contributed by atoms with E-state index in [-0.39, 0.29) is 12.3 Å². The molecule has 1 amide bonds. The van der Waals surface area contributed by atoms with E-state index in [2.05, 4.69) is 4.98 Å². The largest absolute Gasteiger partial charge is 0.345 e. The summed E-state index contributed by atoms with van der Waals surface area (Å²) < 4.78 is 0. The first-order chi connectivity index (χ1) is 6.65. The third-order valence-corrected chi connectivity index (χ3v) is 1.73. The van der Waals surface area contributed by atoms with Crippen molar-refractivity contribution < 1.29 is 4.79 Å². The number of hydrogen-bond acceptors (Lipinski definition) is 3. The molecule has 1 aromatic rings. The van der Waals surface area contributed by atoms with E-state index in [1.165, 1.54) is 4.90 Å². The van der Waals surface area contributed by atoms with E-state index in [0.717, 1.165) is 0 Å². The summed E-state index contributed by atoms with van der Waals surface area (Å²) in [5.41, 5.74) is 1.19. The molecule has 0 aromatic carbocycles. The Kier molecular flexibility index (Phi) is 3.19. The van der Waals surface area contributed by atoms with Crippen LogP contribution in [0.2, 0.25) is 0 Å².